The van der Waals surface area contributed by atoms with Crippen LogP contribution in [0.25, 0.3) is 4.96 Å². The third kappa shape index (κ3) is 5.37. The zero-order valence-electron chi connectivity index (χ0n) is 15.2. The molecule has 3 rings (SSSR count). The largest absolute Gasteiger partial charge is 0.357 e. The van der Waals surface area contributed by atoms with Gasteiger partial charge in [0.1, 0.15) is 0 Å². The first-order chi connectivity index (χ1) is 12.2. The highest BCUT2D eigenvalue weighted by Crippen LogP contribution is 2.16. The molecule has 8 heteroatoms. The van der Waals surface area contributed by atoms with Crippen molar-refractivity contribution < 1.29 is 0 Å². The predicted octanol–water partition coefficient (Wildman–Crippen LogP) is 4.33. The summed E-state index contributed by atoms with van der Waals surface area (Å²) in [6.07, 6.45) is 6.16. The number of guanidine groups is 1. The van der Waals surface area contributed by atoms with Crippen LogP contribution in [0.3, 0.4) is 0 Å². The summed E-state index contributed by atoms with van der Waals surface area (Å²) in [5.74, 6) is 0.896. The van der Waals surface area contributed by atoms with E-state index in [-0.39, 0.29) is 24.0 Å². The molecule has 0 radical (unpaired) electrons. The van der Waals surface area contributed by atoms with Crippen LogP contribution >= 0.6 is 47.1 Å². The van der Waals surface area contributed by atoms with Crippen molar-refractivity contribution in [3.63, 3.8) is 0 Å². The van der Waals surface area contributed by atoms with Gasteiger partial charge in [-0.05, 0) is 30.9 Å². The van der Waals surface area contributed by atoms with Crippen molar-refractivity contribution in [3.05, 3.63) is 53.3 Å². The van der Waals surface area contributed by atoms with Crippen molar-refractivity contribution in [2.45, 2.75) is 24.9 Å². The Morgan fingerprint density at radius 3 is 2.77 bits per heavy atom. The van der Waals surface area contributed by atoms with Gasteiger partial charge < -0.3 is 10.2 Å². The quantitative estimate of drug-likeness (QED) is 0.236. The van der Waals surface area contributed by atoms with Crippen molar-refractivity contribution in [1.29, 1.82) is 0 Å². The summed E-state index contributed by atoms with van der Waals surface area (Å²) in [6.45, 7) is 4.32. The summed E-state index contributed by atoms with van der Waals surface area (Å²) in [4.78, 5) is 13.8. The Morgan fingerprint density at radius 2 is 2.12 bits per heavy atom. The molecule has 0 aliphatic rings. The number of hydrogen-bond acceptors (Lipinski definition) is 4. The fourth-order valence-corrected chi connectivity index (χ4v) is 3.68. The lowest BCUT2D eigenvalue weighted by Gasteiger charge is -2.22. The number of thioether (sulfide) groups is 1. The minimum absolute atomic E-state index is 0. The molecule has 0 spiro atoms. The number of hydrogen-bond donors (Lipinski definition) is 1. The Labute approximate surface area is 179 Å². The van der Waals surface area contributed by atoms with Crippen molar-refractivity contribution in [3.8, 4) is 0 Å². The van der Waals surface area contributed by atoms with Crippen LogP contribution in [0.15, 0.2) is 51.9 Å². The molecule has 0 bridgehead atoms. The number of aromatic nitrogens is 2. The van der Waals surface area contributed by atoms with Gasteiger partial charge in [-0.25, -0.2) is 9.98 Å². The number of aliphatic imine (C=N–C) groups is 1. The van der Waals surface area contributed by atoms with Crippen LogP contribution in [0.5, 0.6) is 0 Å². The summed E-state index contributed by atoms with van der Waals surface area (Å²) in [6, 6.07) is 8.68. The van der Waals surface area contributed by atoms with Crippen LogP contribution in [-0.4, -0.2) is 40.1 Å². The molecule has 0 saturated heterocycles. The van der Waals surface area contributed by atoms with E-state index in [1.54, 1.807) is 23.1 Å². The highest BCUT2D eigenvalue weighted by molar-refractivity contribution is 14.0. The average molecular weight is 501 g/mol. The SMILES string of the molecule is CCNC(=NCc1cn2ccsc2n1)N(C)Cc1ccc(SC)cc1.I. The second kappa shape index (κ2) is 10.2. The second-order valence-corrected chi connectivity index (χ2v) is 7.45. The van der Waals surface area contributed by atoms with E-state index in [1.165, 1.54) is 10.5 Å². The van der Waals surface area contributed by atoms with E-state index < -0.39 is 0 Å². The highest BCUT2D eigenvalue weighted by atomic mass is 127. The topological polar surface area (TPSA) is 44.9 Å². The molecule has 0 aliphatic carbocycles. The summed E-state index contributed by atoms with van der Waals surface area (Å²) >= 11 is 3.40. The number of nitrogens with one attached hydrogen (secondary N) is 1. The summed E-state index contributed by atoms with van der Waals surface area (Å²) in [5, 5.41) is 5.40. The molecule has 0 atom stereocenters. The van der Waals surface area contributed by atoms with Crippen LogP contribution in [0.4, 0.5) is 0 Å². The van der Waals surface area contributed by atoms with Crippen LogP contribution in [0, 0.1) is 0 Å². The lowest BCUT2D eigenvalue weighted by atomic mass is 10.2. The maximum Gasteiger partial charge on any atom is 0.194 e. The first kappa shape index (κ1) is 21.0. The van der Waals surface area contributed by atoms with E-state index in [2.05, 4.69) is 59.7 Å². The van der Waals surface area contributed by atoms with Crippen molar-refractivity contribution in [2.24, 2.45) is 4.99 Å². The average Bonchev–Trinajstić information content (AvgIpc) is 3.20. The molecule has 3 aromatic rings. The number of thiazole rings is 1. The minimum atomic E-state index is 0. The van der Waals surface area contributed by atoms with Crippen LogP contribution in [0.2, 0.25) is 0 Å². The van der Waals surface area contributed by atoms with Gasteiger partial charge in [-0.2, -0.15) is 0 Å². The molecule has 1 aromatic carbocycles. The third-order valence-electron chi connectivity index (χ3n) is 3.81. The van der Waals surface area contributed by atoms with Gasteiger partial charge in [-0.1, -0.05) is 12.1 Å². The number of halogens is 1. The normalized spacial score (nSPS) is 11.4. The lowest BCUT2D eigenvalue weighted by Crippen LogP contribution is -2.38. The lowest BCUT2D eigenvalue weighted by molar-refractivity contribution is 0.476. The number of imidazole rings is 1. The molecular formula is C18H24IN5S2. The monoisotopic (exact) mass is 501 g/mol. The Balaban J connectivity index is 0.00000243. The third-order valence-corrected chi connectivity index (χ3v) is 5.32. The van der Waals surface area contributed by atoms with E-state index in [0.717, 1.165) is 29.7 Å². The van der Waals surface area contributed by atoms with Crippen LogP contribution < -0.4 is 5.32 Å². The zero-order valence-corrected chi connectivity index (χ0v) is 19.1. The van der Waals surface area contributed by atoms with Gasteiger partial charge in [0.15, 0.2) is 10.9 Å². The number of benzene rings is 1. The van der Waals surface area contributed by atoms with Crippen molar-refractivity contribution in [1.82, 2.24) is 19.6 Å². The summed E-state index contributed by atoms with van der Waals surface area (Å²) in [7, 11) is 2.07. The van der Waals surface area contributed by atoms with Gasteiger partial charge in [0.05, 0.1) is 12.2 Å². The maximum absolute atomic E-state index is 4.74. The fourth-order valence-electron chi connectivity index (χ4n) is 2.56. The minimum Gasteiger partial charge on any atom is -0.357 e. The Bertz CT molecular complexity index is 812. The van der Waals surface area contributed by atoms with E-state index >= 15 is 0 Å². The second-order valence-electron chi connectivity index (χ2n) is 5.70. The highest BCUT2D eigenvalue weighted by Gasteiger charge is 2.08. The smallest absolute Gasteiger partial charge is 0.194 e. The van der Waals surface area contributed by atoms with Crippen LogP contribution in [0.1, 0.15) is 18.2 Å². The standard InChI is InChI=1S/C18H23N5S2.HI/c1-4-19-17(20-11-15-13-23-9-10-25-18(23)21-15)22(2)12-14-5-7-16(24-3)8-6-14;/h5-10,13H,4,11-12H2,1-3H3,(H,19,20);1H. The molecule has 140 valence electrons. The Kier molecular flexibility index (Phi) is 8.23. The van der Waals surface area contributed by atoms with Gasteiger partial charge in [0.25, 0.3) is 0 Å². The van der Waals surface area contributed by atoms with E-state index in [4.69, 9.17) is 4.99 Å². The van der Waals surface area contributed by atoms with Crippen LogP contribution in [-0.2, 0) is 13.1 Å². The number of fused-ring (bicyclic) bond motifs is 1. The Hall–Kier alpha value is -1.26. The first-order valence-corrected chi connectivity index (χ1v) is 10.3. The van der Waals surface area contributed by atoms with Gasteiger partial charge in [-0.3, -0.25) is 4.40 Å². The summed E-state index contributed by atoms with van der Waals surface area (Å²) < 4.78 is 2.04. The van der Waals surface area contributed by atoms with E-state index in [9.17, 15) is 0 Å². The number of nitrogens with zero attached hydrogens (tertiary/aromatic N) is 4. The number of rotatable bonds is 6. The molecule has 2 aromatic heterocycles. The van der Waals surface area contributed by atoms with Crippen molar-refractivity contribution >= 4 is 58.0 Å². The first-order valence-electron chi connectivity index (χ1n) is 8.23. The van der Waals surface area contributed by atoms with Gasteiger partial charge in [0, 0.05) is 42.8 Å². The molecule has 2 heterocycles. The van der Waals surface area contributed by atoms with Gasteiger partial charge >= 0.3 is 0 Å². The molecule has 0 amide bonds. The predicted molar refractivity (Wildman–Crippen MR) is 123 cm³/mol. The molecule has 0 aliphatic heterocycles. The molecule has 5 nitrogen and oxygen atoms in total. The summed E-state index contributed by atoms with van der Waals surface area (Å²) in [5.41, 5.74) is 2.26. The van der Waals surface area contributed by atoms with E-state index in [0.29, 0.717) is 6.54 Å². The van der Waals surface area contributed by atoms with Gasteiger partial charge in [0.2, 0.25) is 0 Å². The maximum atomic E-state index is 4.74. The molecule has 0 fully saturated rings. The molecular weight excluding hydrogens is 477 g/mol. The van der Waals surface area contributed by atoms with E-state index in [1.807, 2.05) is 22.2 Å². The Morgan fingerprint density at radius 1 is 1.35 bits per heavy atom. The van der Waals surface area contributed by atoms with Crippen molar-refractivity contribution in [2.75, 3.05) is 19.8 Å². The molecule has 0 saturated carbocycles. The molecule has 26 heavy (non-hydrogen) atoms. The fraction of sp³-hybridized carbons (Fsp3) is 0.333. The van der Waals surface area contributed by atoms with Gasteiger partial charge in [-0.15, -0.1) is 47.1 Å². The zero-order chi connectivity index (χ0) is 17.6. The molecule has 1 N–H and O–H groups in total. The molecule has 0 unspecified atom stereocenters.